The molecule has 1 aromatic rings. The molecule has 0 radical (unpaired) electrons. The van der Waals surface area contributed by atoms with Gasteiger partial charge >= 0.3 is 5.97 Å². The van der Waals surface area contributed by atoms with Crippen molar-refractivity contribution in [2.75, 3.05) is 6.61 Å². The van der Waals surface area contributed by atoms with Crippen molar-refractivity contribution in [3.05, 3.63) is 59.2 Å². The Morgan fingerprint density at radius 3 is 2.60 bits per heavy atom. The first kappa shape index (κ1) is 14.6. The molecule has 0 aromatic heterocycles. The van der Waals surface area contributed by atoms with Gasteiger partial charge < -0.3 is 4.74 Å². The van der Waals surface area contributed by atoms with E-state index >= 15 is 0 Å². The topological polar surface area (TPSA) is 26.3 Å². The molecular weight excluding hydrogens is 248 g/mol. The van der Waals surface area contributed by atoms with E-state index in [-0.39, 0.29) is 11.9 Å². The maximum absolute atomic E-state index is 12.0. The Labute approximate surface area is 121 Å². The Balaban J connectivity index is 1.80. The van der Waals surface area contributed by atoms with Crippen molar-refractivity contribution in [1.82, 2.24) is 0 Å². The molecule has 2 heteroatoms. The molecule has 0 bridgehead atoms. The van der Waals surface area contributed by atoms with Crippen molar-refractivity contribution in [2.24, 2.45) is 5.92 Å². The smallest absolute Gasteiger partial charge is 0.309 e. The van der Waals surface area contributed by atoms with Crippen LogP contribution in [0, 0.1) is 5.92 Å². The number of ether oxygens (including phenoxy) is 1. The molecule has 0 amide bonds. The zero-order valence-electron chi connectivity index (χ0n) is 12.3. The van der Waals surface area contributed by atoms with E-state index in [2.05, 4.69) is 19.1 Å². The molecule has 1 aliphatic carbocycles. The van der Waals surface area contributed by atoms with Crippen LogP contribution in [-0.4, -0.2) is 12.6 Å². The fourth-order valence-corrected chi connectivity index (χ4v) is 2.26. The standard InChI is InChI=1S/C18H22O2/c1-14-8-10-17(11-9-14)13-20-18(19)15(2)12-16-6-4-3-5-7-16/h3-8,10,15H,9,11-13H2,1-2H3/t15-/m0/s1. The lowest BCUT2D eigenvalue weighted by Gasteiger charge is -2.15. The predicted octanol–water partition coefficient (Wildman–Crippen LogP) is 4.07. The van der Waals surface area contributed by atoms with Gasteiger partial charge in [-0.1, -0.05) is 55.0 Å². The number of allylic oxidation sites excluding steroid dienone is 3. The molecule has 2 nitrogen and oxygen atoms in total. The quantitative estimate of drug-likeness (QED) is 0.754. The van der Waals surface area contributed by atoms with Crippen LogP contribution in [0.4, 0.5) is 0 Å². The summed E-state index contributed by atoms with van der Waals surface area (Å²) in [5.41, 5.74) is 3.76. The number of hydrogen-bond acceptors (Lipinski definition) is 2. The minimum Gasteiger partial charge on any atom is -0.461 e. The van der Waals surface area contributed by atoms with E-state index < -0.39 is 0 Å². The Bertz CT molecular complexity index is 511. The average molecular weight is 270 g/mol. The lowest BCUT2D eigenvalue weighted by atomic mass is 10.00. The highest BCUT2D eigenvalue weighted by Crippen LogP contribution is 2.18. The zero-order chi connectivity index (χ0) is 14.4. The molecule has 1 aromatic carbocycles. The second kappa shape index (κ2) is 7.09. The van der Waals surface area contributed by atoms with Crippen molar-refractivity contribution in [3.63, 3.8) is 0 Å². The second-order valence-electron chi connectivity index (χ2n) is 5.54. The van der Waals surface area contributed by atoms with Crippen LogP contribution in [0.25, 0.3) is 0 Å². The van der Waals surface area contributed by atoms with E-state index in [0.29, 0.717) is 6.61 Å². The summed E-state index contributed by atoms with van der Waals surface area (Å²) < 4.78 is 5.41. The van der Waals surface area contributed by atoms with E-state index in [1.807, 2.05) is 37.3 Å². The Morgan fingerprint density at radius 2 is 1.95 bits per heavy atom. The van der Waals surface area contributed by atoms with Crippen LogP contribution in [-0.2, 0) is 16.0 Å². The number of benzene rings is 1. The lowest BCUT2D eigenvalue weighted by molar-refractivity contribution is -0.146. The third-order valence-electron chi connectivity index (χ3n) is 3.63. The lowest BCUT2D eigenvalue weighted by Crippen LogP contribution is -2.18. The molecule has 0 N–H and O–H groups in total. The van der Waals surface area contributed by atoms with Gasteiger partial charge in [0, 0.05) is 0 Å². The minimum absolute atomic E-state index is 0.0983. The number of carbonyl (C=O) groups excluding carboxylic acids is 1. The highest BCUT2D eigenvalue weighted by Gasteiger charge is 2.16. The van der Waals surface area contributed by atoms with Gasteiger partial charge in [0.15, 0.2) is 0 Å². The first-order valence-electron chi connectivity index (χ1n) is 7.21. The Kier molecular flexibility index (Phi) is 5.16. The Morgan fingerprint density at radius 1 is 1.20 bits per heavy atom. The highest BCUT2D eigenvalue weighted by atomic mass is 16.5. The summed E-state index contributed by atoms with van der Waals surface area (Å²) in [6, 6.07) is 10.1. The highest BCUT2D eigenvalue weighted by molar-refractivity contribution is 5.72. The van der Waals surface area contributed by atoms with Crippen LogP contribution in [0.3, 0.4) is 0 Å². The van der Waals surface area contributed by atoms with E-state index in [4.69, 9.17) is 4.74 Å². The molecular formula is C18H22O2. The number of hydrogen-bond donors (Lipinski definition) is 0. The van der Waals surface area contributed by atoms with Crippen molar-refractivity contribution >= 4 is 5.97 Å². The average Bonchev–Trinajstić information content (AvgIpc) is 2.47. The van der Waals surface area contributed by atoms with Gasteiger partial charge in [-0.2, -0.15) is 0 Å². The van der Waals surface area contributed by atoms with Crippen molar-refractivity contribution in [3.8, 4) is 0 Å². The molecule has 2 rings (SSSR count). The summed E-state index contributed by atoms with van der Waals surface area (Å²) in [6.45, 7) is 4.48. The van der Waals surface area contributed by atoms with Gasteiger partial charge in [0.1, 0.15) is 6.61 Å². The maximum Gasteiger partial charge on any atom is 0.309 e. The van der Waals surface area contributed by atoms with Crippen LogP contribution in [0.5, 0.6) is 0 Å². The summed E-state index contributed by atoms with van der Waals surface area (Å²) in [6.07, 6.45) is 7.00. The third kappa shape index (κ3) is 4.37. The van der Waals surface area contributed by atoms with Gasteiger partial charge in [-0.15, -0.1) is 0 Å². The molecule has 1 atom stereocenters. The molecule has 0 saturated carbocycles. The van der Waals surface area contributed by atoms with Crippen molar-refractivity contribution < 1.29 is 9.53 Å². The second-order valence-corrected chi connectivity index (χ2v) is 5.54. The fraction of sp³-hybridized carbons (Fsp3) is 0.389. The van der Waals surface area contributed by atoms with Gasteiger partial charge in [-0.05, 0) is 37.3 Å². The van der Waals surface area contributed by atoms with Crippen LogP contribution in [0.15, 0.2) is 53.6 Å². The van der Waals surface area contributed by atoms with Gasteiger partial charge in [0.2, 0.25) is 0 Å². The molecule has 0 heterocycles. The van der Waals surface area contributed by atoms with Crippen LogP contribution in [0.2, 0.25) is 0 Å². The van der Waals surface area contributed by atoms with Crippen molar-refractivity contribution in [1.29, 1.82) is 0 Å². The summed E-state index contributed by atoms with van der Waals surface area (Å²) in [7, 11) is 0. The first-order valence-corrected chi connectivity index (χ1v) is 7.21. The predicted molar refractivity (Wildman–Crippen MR) is 81.3 cm³/mol. The molecule has 1 aliphatic rings. The SMILES string of the molecule is CC1=CC=C(COC(=O)[C@@H](C)Cc2ccccc2)CC1. The summed E-state index contributed by atoms with van der Waals surface area (Å²) in [5, 5.41) is 0. The third-order valence-corrected chi connectivity index (χ3v) is 3.63. The Hall–Kier alpha value is -1.83. The van der Waals surface area contributed by atoms with Crippen LogP contribution >= 0.6 is 0 Å². The van der Waals surface area contributed by atoms with Crippen LogP contribution in [0.1, 0.15) is 32.3 Å². The summed E-state index contributed by atoms with van der Waals surface area (Å²) >= 11 is 0. The molecule has 20 heavy (non-hydrogen) atoms. The summed E-state index contributed by atoms with van der Waals surface area (Å²) in [4.78, 5) is 12.0. The van der Waals surface area contributed by atoms with Crippen LogP contribution < -0.4 is 0 Å². The molecule has 0 fully saturated rings. The number of carbonyl (C=O) groups is 1. The maximum atomic E-state index is 12.0. The fourth-order valence-electron chi connectivity index (χ4n) is 2.26. The minimum atomic E-state index is -0.110. The summed E-state index contributed by atoms with van der Waals surface area (Å²) in [5.74, 6) is -0.208. The number of esters is 1. The monoisotopic (exact) mass is 270 g/mol. The van der Waals surface area contributed by atoms with E-state index in [1.54, 1.807) is 0 Å². The van der Waals surface area contributed by atoms with Gasteiger partial charge in [0.05, 0.1) is 5.92 Å². The largest absolute Gasteiger partial charge is 0.461 e. The molecule has 0 spiro atoms. The van der Waals surface area contributed by atoms with Gasteiger partial charge in [-0.25, -0.2) is 0 Å². The zero-order valence-corrected chi connectivity index (χ0v) is 12.3. The molecule has 106 valence electrons. The molecule has 0 unspecified atom stereocenters. The van der Waals surface area contributed by atoms with E-state index in [0.717, 1.165) is 19.3 Å². The number of rotatable bonds is 5. The van der Waals surface area contributed by atoms with E-state index in [9.17, 15) is 4.79 Å². The van der Waals surface area contributed by atoms with Crippen molar-refractivity contribution in [2.45, 2.75) is 33.1 Å². The van der Waals surface area contributed by atoms with Gasteiger partial charge in [-0.3, -0.25) is 4.79 Å². The molecule has 0 aliphatic heterocycles. The normalized spacial score (nSPS) is 16.1. The molecule has 0 saturated heterocycles. The van der Waals surface area contributed by atoms with Gasteiger partial charge in [0.25, 0.3) is 0 Å². The first-order chi connectivity index (χ1) is 9.65. The van der Waals surface area contributed by atoms with E-state index in [1.165, 1.54) is 16.7 Å².